The molecule has 0 spiro atoms. The Morgan fingerprint density at radius 1 is 1.33 bits per heavy atom. The molecule has 0 aromatic rings. The van der Waals surface area contributed by atoms with Crippen molar-refractivity contribution in [2.45, 2.75) is 77.4 Å². The summed E-state index contributed by atoms with van der Waals surface area (Å²) in [5, 5.41) is 0. The van der Waals surface area contributed by atoms with Crippen LogP contribution in [0.1, 0.15) is 59.3 Å². The fraction of sp³-hybridized carbons (Fsp3) is 1.00. The summed E-state index contributed by atoms with van der Waals surface area (Å²) >= 11 is 0. The molecule has 0 aromatic heterocycles. The van der Waals surface area contributed by atoms with Gasteiger partial charge in [-0.2, -0.15) is 0 Å². The van der Waals surface area contributed by atoms with Crippen molar-refractivity contribution in [1.82, 2.24) is 4.90 Å². The minimum absolute atomic E-state index is 0.330. The van der Waals surface area contributed by atoms with E-state index in [-0.39, 0.29) is 0 Å². The number of piperidine rings is 1. The van der Waals surface area contributed by atoms with E-state index in [1.807, 2.05) is 0 Å². The highest BCUT2D eigenvalue weighted by molar-refractivity contribution is 4.86. The Balaban J connectivity index is 2.60. The molecule has 90 valence electrons. The lowest BCUT2D eigenvalue weighted by molar-refractivity contribution is 0.0738. The summed E-state index contributed by atoms with van der Waals surface area (Å²) in [4.78, 5) is 2.69. The van der Waals surface area contributed by atoms with Crippen LogP contribution in [0.25, 0.3) is 0 Å². The van der Waals surface area contributed by atoms with Gasteiger partial charge >= 0.3 is 0 Å². The molecular formula is C13H28N2. The second kappa shape index (κ2) is 6.49. The van der Waals surface area contributed by atoms with Crippen molar-refractivity contribution in [1.29, 1.82) is 0 Å². The van der Waals surface area contributed by atoms with Crippen molar-refractivity contribution in [2.24, 2.45) is 5.73 Å². The quantitative estimate of drug-likeness (QED) is 0.759. The van der Waals surface area contributed by atoms with E-state index < -0.39 is 0 Å². The first kappa shape index (κ1) is 13.0. The van der Waals surface area contributed by atoms with Crippen LogP contribution in [0, 0.1) is 0 Å². The SMILES string of the molecule is CCCC(CC)N1CCCCC1C(C)N. The monoisotopic (exact) mass is 212 g/mol. The average molecular weight is 212 g/mol. The Labute approximate surface area is 95.2 Å². The molecule has 1 fully saturated rings. The number of nitrogens with zero attached hydrogens (tertiary/aromatic N) is 1. The van der Waals surface area contributed by atoms with Gasteiger partial charge in [0, 0.05) is 18.1 Å². The molecule has 3 unspecified atom stereocenters. The lowest BCUT2D eigenvalue weighted by Crippen LogP contribution is -2.53. The van der Waals surface area contributed by atoms with Crippen LogP contribution in [0.3, 0.4) is 0 Å². The molecule has 1 rings (SSSR count). The van der Waals surface area contributed by atoms with Crippen LogP contribution in [0.4, 0.5) is 0 Å². The van der Waals surface area contributed by atoms with Crippen LogP contribution >= 0.6 is 0 Å². The first-order valence-corrected chi connectivity index (χ1v) is 6.72. The van der Waals surface area contributed by atoms with Crippen LogP contribution in [0.5, 0.6) is 0 Å². The number of nitrogens with two attached hydrogens (primary N) is 1. The second-order valence-corrected chi connectivity index (χ2v) is 5.01. The van der Waals surface area contributed by atoms with Gasteiger partial charge in [-0.25, -0.2) is 0 Å². The van der Waals surface area contributed by atoms with E-state index in [4.69, 9.17) is 5.73 Å². The molecule has 3 atom stereocenters. The molecule has 0 amide bonds. The van der Waals surface area contributed by atoms with E-state index >= 15 is 0 Å². The Morgan fingerprint density at radius 2 is 2.07 bits per heavy atom. The maximum Gasteiger partial charge on any atom is 0.0247 e. The number of likely N-dealkylation sites (tertiary alicyclic amines) is 1. The van der Waals surface area contributed by atoms with Crippen molar-refractivity contribution in [3.63, 3.8) is 0 Å². The van der Waals surface area contributed by atoms with Gasteiger partial charge in [0.05, 0.1) is 0 Å². The largest absolute Gasteiger partial charge is 0.327 e. The molecular weight excluding hydrogens is 184 g/mol. The molecule has 15 heavy (non-hydrogen) atoms. The van der Waals surface area contributed by atoms with E-state index in [0.717, 1.165) is 6.04 Å². The van der Waals surface area contributed by atoms with Gasteiger partial charge < -0.3 is 5.73 Å². The number of hydrogen-bond donors (Lipinski definition) is 1. The van der Waals surface area contributed by atoms with Crippen molar-refractivity contribution in [3.05, 3.63) is 0 Å². The van der Waals surface area contributed by atoms with Gasteiger partial charge in [-0.1, -0.05) is 26.7 Å². The topological polar surface area (TPSA) is 29.3 Å². The summed E-state index contributed by atoms with van der Waals surface area (Å²) < 4.78 is 0. The molecule has 1 saturated heterocycles. The summed E-state index contributed by atoms with van der Waals surface area (Å²) in [5.74, 6) is 0. The third-order valence-corrected chi connectivity index (χ3v) is 3.76. The van der Waals surface area contributed by atoms with E-state index in [1.54, 1.807) is 0 Å². The summed E-state index contributed by atoms with van der Waals surface area (Å²) in [7, 11) is 0. The van der Waals surface area contributed by atoms with Crippen molar-refractivity contribution in [3.8, 4) is 0 Å². The van der Waals surface area contributed by atoms with Gasteiger partial charge in [0.1, 0.15) is 0 Å². The fourth-order valence-electron chi connectivity index (χ4n) is 2.94. The third kappa shape index (κ3) is 3.46. The minimum Gasteiger partial charge on any atom is -0.327 e. The zero-order chi connectivity index (χ0) is 11.3. The first-order chi connectivity index (χ1) is 7.20. The molecule has 0 saturated carbocycles. The zero-order valence-electron chi connectivity index (χ0n) is 10.7. The fourth-order valence-corrected chi connectivity index (χ4v) is 2.94. The predicted molar refractivity (Wildman–Crippen MR) is 67.0 cm³/mol. The maximum atomic E-state index is 6.10. The first-order valence-electron chi connectivity index (χ1n) is 6.72. The van der Waals surface area contributed by atoms with Gasteiger partial charge in [0.15, 0.2) is 0 Å². The second-order valence-electron chi connectivity index (χ2n) is 5.01. The lowest BCUT2D eigenvalue weighted by Gasteiger charge is -2.43. The van der Waals surface area contributed by atoms with Gasteiger partial charge in [-0.15, -0.1) is 0 Å². The lowest BCUT2D eigenvalue weighted by atomic mass is 9.93. The minimum atomic E-state index is 0.330. The molecule has 2 N–H and O–H groups in total. The summed E-state index contributed by atoms with van der Waals surface area (Å²) in [6.45, 7) is 8.03. The number of rotatable bonds is 5. The normalized spacial score (nSPS) is 27.6. The van der Waals surface area contributed by atoms with E-state index in [9.17, 15) is 0 Å². The summed E-state index contributed by atoms with van der Waals surface area (Å²) in [6.07, 6.45) is 7.93. The Bertz CT molecular complexity index is 168. The van der Waals surface area contributed by atoms with Crippen LogP contribution in [-0.2, 0) is 0 Å². The third-order valence-electron chi connectivity index (χ3n) is 3.76. The zero-order valence-corrected chi connectivity index (χ0v) is 10.7. The molecule has 0 bridgehead atoms. The molecule has 0 aliphatic carbocycles. The predicted octanol–water partition coefficient (Wildman–Crippen LogP) is 2.77. The molecule has 0 aromatic carbocycles. The smallest absolute Gasteiger partial charge is 0.0247 e. The Hall–Kier alpha value is -0.0800. The molecule has 2 nitrogen and oxygen atoms in total. The number of hydrogen-bond acceptors (Lipinski definition) is 2. The van der Waals surface area contributed by atoms with E-state index in [2.05, 4.69) is 25.7 Å². The van der Waals surface area contributed by atoms with Gasteiger partial charge in [0.2, 0.25) is 0 Å². The van der Waals surface area contributed by atoms with Crippen molar-refractivity contribution < 1.29 is 0 Å². The average Bonchev–Trinajstić information content (AvgIpc) is 2.26. The summed E-state index contributed by atoms with van der Waals surface area (Å²) in [5.41, 5.74) is 6.10. The molecule has 1 aliphatic rings. The Kier molecular flexibility index (Phi) is 5.62. The van der Waals surface area contributed by atoms with Crippen LogP contribution in [-0.4, -0.2) is 29.6 Å². The highest BCUT2D eigenvalue weighted by Crippen LogP contribution is 2.24. The molecule has 1 aliphatic heterocycles. The van der Waals surface area contributed by atoms with Crippen LogP contribution in [0.15, 0.2) is 0 Å². The highest BCUT2D eigenvalue weighted by atomic mass is 15.2. The van der Waals surface area contributed by atoms with Gasteiger partial charge in [-0.3, -0.25) is 4.90 Å². The van der Waals surface area contributed by atoms with Crippen LogP contribution < -0.4 is 5.73 Å². The van der Waals surface area contributed by atoms with Gasteiger partial charge in [-0.05, 0) is 39.2 Å². The Morgan fingerprint density at radius 3 is 2.60 bits per heavy atom. The maximum absolute atomic E-state index is 6.10. The van der Waals surface area contributed by atoms with E-state index in [0.29, 0.717) is 12.1 Å². The van der Waals surface area contributed by atoms with Crippen LogP contribution in [0.2, 0.25) is 0 Å². The standard InChI is InChI=1S/C13H28N2/c1-4-8-12(5-2)15-10-7-6-9-13(15)11(3)14/h11-13H,4-10,14H2,1-3H3. The van der Waals surface area contributed by atoms with E-state index in [1.165, 1.54) is 45.1 Å². The molecule has 0 radical (unpaired) electrons. The highest BCUT2D eigenvalue weighted by Gasteiger charge is 2.29. The summed E-state index contributed by atoms with van der Waals surface area (Å²) in [6, 6.07) is 1.73. The molecule has 1 heterocycles. The molecule has 2 heteroatoms. The van der Waals surface area contributed by atoms with Gasteiger partial charge in [0.25, 0.3) is 0 Å². The van der Waals surface area contributed by atoms with Crippen molar-refractivity contribution in [2.75, 3.05) is 6.54 Å². The van der Waals surface area contributed by atoms with Crippen molar-refractivity contribution >= 4 is 0 Å².